The summed E-state index contributed by atoms with van der Waals surface area (Å²) in [5.74, 6) is 0.799. The Morgan fingerprint density at radius 2 is 1.90 bits per heavy atom. The first-order valence-electron chi connectivity index (χ1n) is 6.90. The number of rotatable bonds is 7. The van der Waals surface area contributed by atoms with Crippen molar-refractivity contribution in [3.63, 3.8) is 0 Å². The number of likely N-dealkylation sites (N-methyl/N-ethyl adjacent to an activating group) is 1. The lowest BCUT2D eigenvalue weighted by molar-refractivity contribution is 0.233. The fraction of sp³-hybridized carbons (Fsp3) is 0.235. The van der Waals surface area contributed by atoms with Crippen LogP contribution in [0.3, 0.4) is 0 Å². The predicted molar refractivity (Wildman–Crippen MR) is 90.6 cm³/mol. The molecule has 0 aliphatic rings. The predicted octanol–water partition coefficient (Wildman–Crippen LogP) is 2.83. The van der Waals surface area contributed by atoms with Crippen LogP contribution in [0.25, 0.3) is 0 Å². The average molecular weight is 300 g/mol. The summed E-state index contributed by atoms with van der Waals surface area (Å²) in [6.45, 7) is 2.40. The van der Waals surface area contributed by atoms with E-state index < -0.39 is 0 Å². The maximum Gasteiger partial charge on any atom is 0.120 e. The molecule has 4 heteroatoms. The van der Waals surface area contributed by atoms with E-state index in [-0.39, 0.29) is 0 Å². The van der Waals surface area contributed by atoms with E-state index in [2.05, 4.69) is 36.2 Å². The second kappa shape index (κ2) is 7.76. The number of nitrogens with two attached hydrogens (primary N) is 1. The normalized spacial score (nSPS) is 10.6. The summed E-state index contributed by atoms with van der Waals surface area (Å²) in [6.07, 6.45) is 0. The zero-order chi connectivity index (χ0) is 15.1. The fourth-order valence-corrected chi connectivity index (χ4v) is 2.16. The minimum atomic E-state index is 0.390. The highest BCUT2D eigenvalue weighted by Crippen LogP contribution is 2.13. The Kier molecular flexibility index (Phi) is 5.72. The van der Waals surface area contributed by atoms with E-state index in [4.69, 9.17) is 22.7 Å². The van der Waals surface area contributed by atoms with Crippen LogP contribution in [0.15, 0.2) is 54.6 Å². The second-order valence-electron chi connectivity index (χ2n) is 4.96. The van der Waals surface area contributed by atoms with Crippen LogP contribution in [0.1, 0.15) is 11.1 Å². The third-order valence-electron chi connectivity index (χ3n) is 3.16. The molecule has 0 bridgehead atoms. The molecule has 21 heavy (non-hydrogen) atoms. The minimum absolute atomic E-state index is 0.390. The number of hydrogen-bond donors (Lipinski definition) is 1. The highest BCUT2D eigenvalue weighted by Gasteiger charge is 2.02. The summed E-state index contributed by atoms with van der Waals surface area (Å²) in [5.41, 5.74) is 7.75. The highest BCUT2D eigenvalue weighted by atomic mass is 32.1. The standard InChI is InChI=1S/C17H20N2OS/c1-19(13-14-6-3-2-4-7-14)10-11-20-16-9-5-8-15(12-16)17(18)21/h2-9,12H,10-11,13H2,1H3,(H2,18,21). The van der Waals surface area contributed by atoms with E-state index in [1.165, 1.54) is 5.56 Å². The van der Waals surface area contributed by atoms with Crippen molar-refractivity contribution in [1.82, 2.24) is 4.90 Å². The van der Waals surface area contributed by atoms with E-state index in [0.29, 0.717) is 11.6 Å². The zero-order valence-electron chi connectivity index (χ0n) is 12.2. The van der Waals surface area contributed by atoms with Gasteiger partial charge in [-0.25, -0.2) is 0 Å². The Labute approximate surface area is 131 Å². The smallest absolute Gasteiger partial charge is 0.120 e. The Morgan fingerprint density at radius 1 is 1.14 bits per heavy atom. The maximum atomic E-state index is 5.75. The number of nitrogens with zero attached hydrogens (tertiary/aromatic N) is 1. The molecule has 0 spiro atoms. The Hall–Kier alpha value is -1.91. The van der Waals surface area contributed by atoms with Crippen molar-refractivity contribution >= 4 is 17.2 Å². The number of hydrogen-bond acceptors (Lipinski definition) is 3. The van der Waals surface area contributed by atoms with Gasteiger partial charge in [0.05, 0.1) is 0 Å². The quantitative estimate of drug-likeness (QED) is 0.798. The van der Waals surface area contributed by atoms with Crippen molar-refractivity contribution in [1.29, 1.82) is 0 Å². The summed E-state index contributed by atoms with van der Waals surface area (Å²) < 4.78 is 5.75. The van der Waals surface area contributed by atoms with Crippen LogP contribution in [0, 0.1) is 0 Å². The molecular formula is C17H20N2OS. The summed E-state index contributed by atoms with van der Waals surface area (Å²) in [6, 6.07) is 18.0. The second-order valence-corrected chi connectivity index (χ2v) is 5.40. The van der Waals surface area contributed by atoms with Gasteiger partial charge in [0, 0.05) is 18.7 Å². The number of thiocarbonyl (C=S) groups is 1. The van der Waals surface area contributed by atoms with Crippen LogP contribution in [-0.2, 0) is 6.54 Å². The van der Waals surface area contributed by atoms with Gasteiger partial charge in [-0.1, -0.05) is 54.7 Å². The van der Waals surface area contributed by atoms with Crippen molar-refractivity contribution in [3.8, 4) is 5.75 Å². The first-order valence-corrected chi connectivity index (χ1v) is 7.31. The Bertz CT molecular complexity index is 586. The van der Waals surface area contributed by atoms with Crippen molar-refractivity contribution in [2.75, 3.05) is 20.2 Å². The van der Waals surface area contributed by atoms with E-state index in [1.54, 1.807) is 0 Å². The largest absolute Gasteiger partial charge is 0.492 e. The summed E-state index contributed by atoms with van der Waals surface area (Å²) in [4.78, 5) is 2.62. The lowest BCUT2D eigenvalue weighted by Gasteiger charge is -2.17. The lowest BCUT2D eigenvalue weighted by Crippen LogP contribution is -2.23. The molecule has 0 fully saturated rings. The van der Waals surface area contributed by atoms with Crippen LogP contribution in [0.4, 0.5) is 0 Å². The topological polar surface area (TPSA) is 38.5 Å². The average Bonchev–Trinajstić information content (AvgIpc) is 2.48. The van der Waals surface area contributed by atoms with E-state index in [0.717, 1.165) is 24.4 Å². The Balaban J connectivity index is 1.78. The van der Waals surface area contributed by atoms with Gasteiger partial charge in [-0.05, 0) is 24.7 Å². The van der Waals surface area contributed by atoms with Crippen molar-refractivity contribution < 1.29 is 4.74 Å². The van der Waals surface area contributed by atoms with Gasteiger partial charge in [-0.15, -0.1) is 0 Å². The molecule has 0 saturated heterocycles. The third-order valence-corrected chi connectivity index (χ3v) is 3.39. The van der Waals surface area contributed by atoms with Gasteiger partial charge >= 0.3 is 0 Å². The van der Waals surface area contributed by atoms with Gasteiger partial charge in [0.1, 0.15) is 17.3 Å². The van der Waals surface area contributed by atoms with Crippen LogP contribution in [0.2, 0.25) is 0 Å². The van der Waals surface area contributed by atoms with Gasteiger partial charge in [0.2, 0.25) is 0 Å². The SMILES string of the molecule is CN(CCOc1cccc(C(N)=S)c1)Cc1ccccc1. The third kappa shape index (κ3) is 5.17. The molecule has 110 valence electrons. The molecule has 2 aromatic rings. The van der Waals surface area contributed by atoms with Crippen LogP contribution in [-0.4, -0.2) is 30.1 Å². The first-order chi connectivity index (χ1) is 10.1. The molecule has 0 radical (unpaired) electrons. The van der Waals surface area contributed by atoms with E-state index >= 15 is 0 Å². The molecule has 2 rings (SSSR count). The van der Waals surface area contributed by atoms with Crippen molar-refractivity contribution in [2.24, 2.45) is 5.73 Å². The van der Waals surface area contributed by atoms with Crippen LogP contribution in [0.5, 0.6) is 5.75 Å². The molecule has 0 aliphatic carbocycles. The molecule has 0 aliphatic heterocycles. The molecule has 2 aromatic carbocycles. The molecule has 2 N–H and O–H groups in total. The lowest BCUT2D eigenvalue weighted by atomic mass is 10.2. The number of ether oxygens (including phenoxy) is 1. The van der Waals surface area contributed by atoms with Crippen molar-refractivity contribution in [3.05, 3.63) is 65.7 Å². The monoisotopic (exact) mass is 300 g/mol. The molecule has 0 amide bonds. The highest BCUT2D eigenvalue weighted by molar-refractivity contribution is 7.80. The summed E-state index contributed by atoms with van der Waals surface area (Å²) >= 11 is 4.96. The van der Waals surface area contributed by atoms with Crippen LogP contribution < -0.4 is 10.5 Å². The Morgan fingerprint density at radius 3 is 2.62 bits per heavy atom. The van der Waals surface area contributed by atoms with Gasteiger partial charge in [0.25, 0.3) is 0 Å². The molecule has 0 saturated carbocycles. The molecule has 0 heterocycles. The zero-order valence-corrected chi connectivity index (χ0v) is 13.0. The van der Waals surface area contributed by atoms with E-state index in [9.17, 15) is 0 Å². The van der Waals surface area contributed by atoms with E-state index in [1.807, 2.05) is 30.3 Å². The molecule has 0 atom stereocenters. The fourth-order valence-electron chi connectivity index (χ4n) is 2.03. The summed E-state index contributed by atoms with van der Waals surface area (Å²) in [7, 11) is 2.09. The minimum Gasteiger partial charge on any atom is -0.492 e. The summed E-state index contributed by atoms with van der Waals surface area (Å²) in [5, 5.41) is 0. The van der Waals surface area contributed by atoms with Gasteiger partial charge in [0.15, 0.2) is 0 Å². The van der Waals surface area contributed by atoms with Gasteiger partial charge in [-0.3, -0.25) is 4.90 Å². The maximum absolute atomic E-state index is 5.75. The first kappa shape index (κ1) is 15.5. The van der Waals surface area contributed by atoms with Crippen LogP contribution >= 0.6 is 12.2 Å². The van der Waals surface area contributed by atoms with Crippen molar-refractivity contribution in [2.45, 2.75) is 6.54 Å². The number of benzene rings is 2. The molecule has 0 unspecified atom stereocenters. The van der Waals surface area contributed by atoms with Gasteiger partial charge < -0.3 is 10.5 Å². The molecule has 0 aromatic heterocycles. The molecule has 3 nitrogen and oxygen atoms in total. The molecular weight excluding hydrogens is 280 g/mol. The van der Waals surface area contributed by atoms with Gasteiger partial charge in [-0.2, -0.15) is 0 Å².